The Labute approximate surface area is 207 Å². The number of aliphatic hydroxyl groups excluding tert-OH is 2. The second-order valence-electron chi connectivity index (χ2n) is 7.79. The van der Waals surface area contributed by atoms with Crippen LogP contribution in [-0.4, -0.2) is 56.7 Å². The molecular weight excluding hydrogens is 501 g/mol. The molecule has 4 N–H and O–H groups in total. The van der Waals surface area contributed by atoms with E-state index in [1.807, 2.05) is 0 Å². The number of esters is 1. The van der Waals surface area contributed by atoms with Crippen molar-refractivity contribution in [1.82, 2.24) is 14.6 Å². The van der Waals surface area contributed by atoms with Gasteiger partial charge in [0.05, 0.1) is 18.8 Å². The largest absolute Gasteiger partial charge is 0.462 e. The number of carbonyl (C=O) groups excluding carboxylic acids is 1. The summed E-state index contributed by atoms with van der Waals surface area (Å²) >= 11 is 4.85. The van der Waals surface area contributed by atoms with Crippen LogP contribution < -0.4 is 15.3 Å². The van der Waals surface area contributed by atoms with Crippen LogP contribution >= 0.6 is 20.0 Å². The maximum Gasteiger partial charge on any atom is 0.459 e. The minimum absolute atomic E-state index is 0.157. The van der Waals surface area contributed by atoms with E-state index in [1.165, 1.54) is 38.2 Å². The lowest BCUT2D eigenvalue weighted by Gasteiger charge is -2.27. The van der Waals surface area contributed by atoms with Gasteiger partial charge in [0.1, 0.15) is 22.5 Å². The Kier molecular flexibility index (Phi) is 10.8. The first-order valence-corrected chi connectivity index (χ1v) is 12.7. The summed E-state index contributed by atoms with van der Waals surface area (Å²) in [4.78, 5) is 26.6. The van der Waals surface area contributed by atoms with Crippen LogP contribution in [0.2, 0.25) is 0 Å². The highest BCUT2D eigenvalue weighted by molar-refractivity contribution is 7.71. The van der Waals surface area contributed by atoms with Gasteiger partial charge in [0.15, 0.2) is 0 Å². The van der Waals surface area contributed by atoms with E-state index in [2.05, 4.69) is 10.1 Å². The maximum atomic E-state index is 13.5. The third kappa shape index (κ3) is 9.30. The van der Waals surface area contributed by atoms with Crippen LogP contribution in [0.1, 0.15) is 34.1 Å². The Morgan fingerprint density at radius 1 is 1.17 bits per heavy atom. The van der Waals surface area contributed by atoms with Crippen molar-refractivity contribution in [1.29, 1.82) is 0 Å². The van der Waals surface area contributed by atoms with Gasteiger partial charge in [-0.05, 0) is 45.9 Å². The van der Waals surface area contributed by atoms with Gasteiger partial charge in [-0.25, -0.2) is 9.36 Å². The number of para-hydroxylation sites is 1. The molecule has 35 heavy (non-hydrogen) atoms. The average Bonchev–Trinajstić information content (AvgIpc) is 2.76. The highest BCUT2D eigenvalue weighted by Gasteiger charge is 2.34. The molecule has 0 fully saturated rings. The summed E-state index contributed by atoms with van der Waals surface area (Å²) in [6, 6.07) is 8.38. The predicted molar refractivity (Wildman–Crippen MR) is 128 cm³/mol. The van der Waals surface area contributed by atoms with Gasteiger partial charge in [0.2, 0.25) is 6.41 Å². The SMILES string of the molecule is CC(C)OC(=O)[C@H](C)NP(=O)(OC[C@@H](O[C@H](O)n1ccc(=S)[nH]c1=O)[C@@H](C)O)Oc1ccccc1. The van der Waals surface area contributed by atoms with Crippen molar-refractivity contribution in [2.24, 2.45) is 0 Å². The van der Waals surface area contributed by atoms with Crippen molar-refractivity contribution >= 4 is 25.9 Å². The zero-order chi connectivity index (χ0) is 26.2. The molecule has 0 spiro atoms. The smallest absolute Gasteiger partial charge is 0.459 e. The third-order valence-corrected chi connectivity index (χ3v) is 6.24. The molecule has 0 bridgehead atoms. The molecule has 1 heterocycles. The van der Waals surface area contributed by atoms with Gasteiger partial charge in [-0.15, -0.1) is 0 Å². The first kappa shape index (κ1) is 28.9. The molecule has 0 saturated heterocycles. The topological polar surface area (TPSA) is 161 Å². The molecule has 0 saturated carbocycles. The van der Waals surface area contributed by atoms with E-state index in [-0.39, 0.29) is 10.4 Å². The molecule has 1 aromatic heterocycles. The van der Waals surface area contributed by atoms with Gasteiger partial charge < -0.3 is 24.2 Å². The summed E-state index contributed by atoms with van der Waals surface area (Å²) in [6.45, 7) is 5.56. The standard InChI is InChI=1S/C21H30N3O9PS/c1-13(2)31-19(26)14(3)23-34(29,33-16-8-6-5-7-9-16)30-12-17(15(4)25)32-21(28)24-11-10-18(35)22-20(24)27/h5-11,13-15,17,21,25,28H,12H2,1-4H3,(H,23,29)(H,22,27,35)/t14-,15+,17+,21-,34?/m0/s1. The number of ether oxygens (including phenoxy) is 2. The van der Waals surface area contributed by atoms with E-state index in [0.29, 0.717) is 0 Å². The van der Waals surface area contributed by atoms with Crippen LogP contribution in [-0.2, 0) is 23.4 Å². The van der Waals surface area contributed by atoms with Crippen molar-refractivity contribution in [2.75, 3.05) is 6.61 Å². The van der Waals surface area contributed by atoms with Gasteiger partial charge in [-0.1, -0.05) is 30.4 Å². The summed E-state index contributed by atoms with van der Waals surface area (Å²) in [5.74, 6) is -0.492. The molecular formula is C21H30N3O9PS. The first-order valence-electron chi connectivity index (χ1n) is 10.7. The van der Waals surface area contributed by atoms with E-state index < -0.39 is 56.8 Å². The van der Waals surface area contributed by atoms with E-state index in [0.717, 1.165) is 4.57 Å². The molecule has 2 aromatic rings. The number of aromatic amines is 1. The zero-order valence-corrected chi connectivity index (χ0v) is 21.4. The molecule has 2 rings (SSSR count). The molecule has 12 nitrogen and oxygen atoms in total. The van der Waals surface area contributed by atoms with Crippen LogP contribution in [0, 0.1) is 4.64 Å². The van der Waals surface area contributed by atoms with Gasteiger partial charge in [0.25, 0.3) is 0 Å². The Morgan fingerprint density at radius 2 is 1.83 bits per heavy atom. The Bertz CT molecular complexity index is 1120. The Morgan fingerprint density at radius 3 is 2.40 bits per heavy atom. The minimum Gasteiger partial charge on any atom is -0.462 e. The van der Waals surface area contributed by atoms with Crippen molar-refractivity contribution in [3.8, 4) is 5.75 Å². The number of rotatable bonds is 13. The summed E-state index contributed by atoms with van der Waals surface area (Å²) < 4.78 is 36.0. The lowest BCUT2D eigenvalue weighted by atomic mass is 10.2. The number of H-pyrrole nitrogens is 1. The Balaban J connectivity index is 2.19. The van der Waals surface area contributed by atoms with E-state index in [4.69, 9.17) is 30.7 Å². The lowest BCUT2D eigenvalue weighted by Crippen LogP contribution is -2.39. The van der Waals surface area contributed by atoms with Crippen molar-refractivity contribution < 1.29 is 38.1 Å². The fourth-order valence-electron chi connectivity index (χ4n) is 2.62. The fraction of sp³-hybridized carbons (Fsp3) is 0.476. The van der Waals surface area contributed by atoms with Crippen LogP contribution in [0.4, 0.5) is 0 Å². The molecule has 1 aromatic carbocycles. The number of benzene rings is 1. The van der Waals surface area contributed by atoms with Crippen LogP contribution in [0.25, 0.3) is 0 Å². The molecule has 14 heteroatoms. The van der Waals surface area contributed by atoms with Crippen molar-refractivity contribution in [2.45, 2.75) is 58.5 Å². The zero-order valence-electron chi connectivity index (χ0n) is 19.7. The van der Waals surface area contributed by atoms with E-state index in [9.17, 15) is 24.4 Å². The molecule has 0 aliphatic heterocycles. The number of hydrogen-bond donors (Lipinski definition) is 4. The lowest BCUT2D eigenvalue weighted by molar-refractivity contribution is -0.212. The van der Waals surface area contributed by atoms with Crippen LogP contribution in [0.3, 0.4) is 0 Å². The second-order valence-corrected chi connectivity index (χ2v) is 9.93. The number of nitrogens with zero attached hydrogens (tertiary/aromatic N) is 1. The molecule has 5 atom stereocenters. The molecule has 0 amide bonds. The van der Waals surface area contributed by atoms with E-state index >= 15 is 0 Å². The molecule has 0 radical (unpaired) electrons. The van der Waals surface area contributed by atoms with Crippen LogP contribution in [0.15, 0.2) is 47.4 Å². The fourth-order valence-corrected chi connectivity index (χ4v) is 4.27. The minimum atomic E-state index is -4.23. The number of aliphatic hydroxyl groups is 2. The number of carbonyl (C=O) groups is 1. The van der Waals surface area contributed by atoms with Crippen molar-refractivity contribution in [3.05, 3.63) is 57.7 Å². The summed E-state index contributed by atoms with van der Waals surface area (Å²) in [6.07, 6.45) is -3.49. The van der Waals surface area contributed by atoms with Crippen molar-refractivity contribution in [3.63, 3.8) is 0 Å². The second kappa shape index (κ2) is 13.1. The van der Waals surface area contributed by atoms with E-state index in [1.54, 1.807) is 32.0 Å². The number of aromatic nitrogens is 2. The normalized spacial score (nSPS) is 16.7. The van der Waals surface area contributed by atoms with Gasteiger partial charge >= 0.3 is 19.4 Å². The van der Waals surface area contributed by atoms with Gasteiger partial charge in [-0.3, -0.25) is 18.9 Å². The van der Waals surface area contributed by atoms with Gasteiger partial charge in [0, 0.05) is 6.20 Å². The number of nitrogens with one attached hydrogen (secondary N) is 2. The summed E-state index contributed by atoms with van der Waals surface area (Å²) in [5, 5.41) is 23.0. The van der Waals surface area contributed by atoms with Crippen LogP contribution in [0.5, 0.6) is 5.75 Å². The quantitative estimate of drug-likeness (QED) is 0.130. The molecule has 0 aliphatic rings. The molecule has 1 unspecified atom stereocenters. The van der Waals surface area contributed by atoms with Gasteiger partial charge in [-0.2, -0.15) is 5.09 Å². The average molecular weight is 532 g/mol. The summed E-state index contributed by atoms with van der Waals surface area (Å²) in [5.41, 5.74) is -0.743. The summed E-state index contributed by atoms with van der Waals surface area (Å²) in [7, 11) is -4.23. The number of hydrogen-bond acceptors (Lipinski definition) is 10. The highest BCUT2D eigenvalue weighted by Crippen LogP contribution is 2.45. The third-order valence-electron chi connectivity index (χ3n) is 4.36. The molecule has 0 aliphatic carbocycles. The first-order chi connectivity index (χ1) is 16.4. The maximum absolute atomic E-state index is 13.5. The predicted octanol–water partition coefficient (Wildman–Crippen LogP) is 2.25. The highest BCUT2D eigenvalue weighted by atomic mass is 32.1. The monoisotopic (exact) mass is 531 g/mol. The Hall–Kier alpha value is -2.38. The molecule has 194 valence electrons.